The molecule has 1 aliphatic carbocycles. The molecule has 0 atom stereocenters. The first-order valence-corrected chi connectivity index (χ1v) is 6.37. The fourth-order valence-electron chi connectivity index (χ4n) is 1.82. The van der Waals surface area contributed by atoms with Crippen molar-refractivity contribution in [2.45, 2.75) is 26.7 Å². The zero-order valence-corrected chi connectivity index (χ0v) is 11.4. The highest BCUT2D eigenvalue weighted by Crippen LogP contribution is 2.34. The molecule has 0 amide bonds. The number of carbonyl (C=O) groups excluding carboxylic acids is 1. The van der Waals surface area contributed by atoms with E-state index in [0.717, 1.165) is 18.4 Å². The quantitative estimate of drug-likeness (QED) is 0.473. The van der Waals surface area contributed by atoms with Crippen molar-refractivity contribution in [2.75, 3.05) is 0 Å². The van der Waals surface area contributed by atoms with Crippen LogP contribution >= 0.6 is 0 Å². The van der Waals surface area contributed by atoms with Gasteiger partial charge in [0.05, 0.1) is 12.6 Å². The number of allylic oxidation sites excluding steroid dienone is 2. The predicted octanol–water partition coefficient (Wildman–Crippen LogP) is 3.76. The second kappa shape index (κ2) is 5.59. The third-order valence-electron chi connectivity index (χ3n) is 3.00. The summed E-state index contributed by atoms with van der Waals surface area (Å²) in [4.78, 5) is 15.5. The maximum absolute atomic E-state index is 12.2. The van der Waals surface area contributed by atoms with Crippen molar-refractivity contribution in [3.8, 4) is 11.8 Å². The normalized spacial score (nSPS) is 13.0. The third kappa shape index (κ3) is 3.05. The number of nitriles is 1. The zero-order valence-electron chi connectivity index (χ0n) is 11.4. The van der Waals surface area contributed by atoms with Gasteiger partial charge < -0.3 is 4.74 Å². The van der Waals surface area contributed by atoms with Gasteiger partial charge in [-0.15, -0.1) is 0 Å². The molecule has 1 aromatic rings. The highest BCUT2D eigenvalue weighted by atomic mass is 16.5. The van der Waals surface area contributed by atoms with E-state index in [0.29, 0.717) is 22.8 Å². The van der Waals surface area contributed by atoms with E-state index in [-0.39, 0.29) is 11.7 Å². The summed E-state index contributed by atoms with van der Waals surface area (Å²) in [5, 5.41) is 8.95. The Morgan fingerprint density at radius 1 is 1.40 bits per heavy atom. The van der Waals surface area contributed by atoms with Gasteiger partial charge in [0.25, 0.3) is 0 Å². The SMILES string of the molecule is [C-]#[N+]c1cc(C#N)cc(OC(C(=O)C2CC2)=C(C)C)c1. The van der Waals surface area contributed by atoms with Gasteiger partial charge in [0.1, 0.15) is 5.75 Å². The summed E-state index contributed by atoms with van der Waals surface area (Å²) in [5.41, 5.74) is 1.47. The number of Topliss-reactive ketones (excluding diaryl/α,β-unsaturated/α-hetero) is 1. The maximum Gasteiger partial charge on any atom is 0.201 e. The molecular weight excluding hydrogens is 252 g/mol. The van der Waals surface area contributed by atoms with Crippen LogP contribution in [0.1, 0.15) is 32.3 Å². The lowest BCUT2D eigenvalue weighted by Crippen LogP contribution is -2.12. The highest BCUT2D eigenvalue weighted by Gasteiger charge is 2.33. The van der Waals surface area contributed by atoms with E-state index in [9.17, 15) is 4.79 Å². The molecule has 0 aromatic heterocycles. The molecule has 1 aliphatic rings. The molecule has 100 valence electrons. The Morgan fingerprint density at radius 2 is 2.10 bits per heavy atom. The average molecular weight is 266 g/mol. The minimum Gasteiger partial charge on any atom is -0.455 e. The van der Waals surface area contributed by atoms with E-state index in [1.54, 1.807) is 0 Å². The number of ketones is 1. The summed E-state index contributed by atoms with van der Waals surface area (Å²) in [6.45, 7) is 10.7. The molecule has 0 heterocycles. The molecule has 0 N–H and O–H groups in total. The van der Waals surface area contributed by atoms with E-state index < -0.39 is 0 Å². The molecule has 1 fully saturated rings. The van der Waals surface area contributed by atoms with E-state index in [1.165, 1.54) is 18.2 Å². The Morgan fingerprint density at radius 3 is 2.60 bits per heavy atom. The molecule has 0 radical (unpaired) electrons. The molecule has 1 saturated carbocycles. The van der Waals surface area contributed by atoms with Gasteiger partial charge in [0.2, 0.25) is 5.78 Å². The van der Waals surface area contributed by atoms with Crippen LogP contribution in [0.5, 0.6) is 5.75 Å². The van der Waals surface area contributed by atoms with E-state index >= 15 is 0 Å². The smallest absolute Gasteiger partial charge is 0.201 e. The van der Waals surface area contributed by atoms with Crippen LogP contribution in [0.4, 0.5) is 5.69 Å². The van der Waals surface area contributed by atoms with Gasteiger partial charge in [-0.05, 0) is 50.5 Å². The average Bonchev–Trinajstić information content (AvgIpc) is 3.27. The zero-order chi connectivity index (χ0) is 14.7. The Hall–Kier alpha value is -2.59. The standard InChI is InChI=1S/C16H14N2O2/c1-10(2)16(15(19)12-4-5-12)20-14-7-11(9-17)6-13(8-14)18-3/h6-8,12H,4-5H2,1-2H3. The molecule has 1 aromatic carbocycles. The lowest BCUT2D eigenvalue weighted by molar-refractivity contribution is -0.118. The molecular formula is C16H14N2O2. The van der Waals surface area contributed by atoms with Crippen molar-refractivity contribution in [3.05, 3.63) is 46.5 Å². The Labute approximate surface area is 118 Å². The molecule has 0 spiro atoms. The second-order valence-corrected chi connectivity index (χ2v) is 5.01. The number of rotatable bonds is 4. The van der Waals surface area contributed by atoms with Crippen LogP contribution in [0, 0.1) is 23.8 Å². The summed E-state index contributed by atoms with van der Waals surface area (Å²) in [5.74, 6) is 0.773. The maximum atomic E-state index is 12.2. The number of hydrogen-bond donors (Lipinski definition) is 0. The van der Waals surface area contributed by atoms with E-state index in [4.69, 9.17) is 16.6 Å². The summed E-state index contributed by atoms with van der Waals surface area (Å²) >= 11 is 0. The largest absolute Gasteiger partial charge is 0.455 e. The fraction of sp³-hybridized carbons (Fsp3) is 0.312. The van der Waals surface area contributed by atoms with Gasteiger partial charge in [-0.1, -0.05) is 0 Å². The van der Waals surface area contributed by atoms with Crippen molar-refractivity contribution < 1.29 is 9.53 Å². The number of hydrogen-bond acceptors (Lipinski definition) is 3. The minimum atomic E-state index is 0.0109. The molecule has 2 rings (SSSR count). The first-order valence-electron chi connectivity index (χ1n) is 6.37. The summed E-state index contributed by atoms with van der Waals surface area (Å²) in [7, 11) is 0. The van der Waals surface area contributed by atoms with Gasteiger partial charge in [-0.2, -0.15) is 5.26 Å². The van der Waals surface area contributed by atoms with Crippen LogP contribution in [-0.4, -0.2) is 5.78 Å². The number of carbonyl (C=O) groups is 1. The summed E-state index contributed by atoms with van der Waals surface area (Å²) in [6.07, 6.45) is 1.81. The Kier molecular flexibility index (Phi) is 3.86. The van der Waals surface area contributed by atoms with Crippen LogP contribution in [0.3, 0.4) is 0 Å². The van der Waals surface area contributed by atoms with E-state index in [2.05, 4.69) is 4.85 Å². The first kappa shape index (κ1) is 13.8. The van der Waals surface area contributed by atoms with Gasteiger partial charge >= 0.3 is 0 Å². The molecule has 0 saturated heterocycles. The summed E-state index contributed by atoms with van der Waals surface area (Å²) < 4.78 is 5.66. The van der Waals surface area contributed by atoms with Crippen molar-refractivity contribution in [3.63, 3.8) is 0 Å². The van der Waals surface area contributed by atoms with Crippen molar-refractivity contribution in [1.29, 1.82) is 5.26 Å². The number of nitrogens with zero attached hydrogens (tertiary/aromatic N) is 2. The van der Waals surface area contributed by atoms with Crippen LogP contribution in [0.2, 0.25) is 0 Å². The van der Waals surface area contributed by atoms with Gasteiger partial charge in [-0.3, -0.25) is 4.79 Å². The minimum absolute atomic E-state index is 0.0109. The second-order valence-electron chi connectivity index (χ2n) is 5.01. The predicted molar refractivity (Wildman–Crippen MR) is 74.2 cm³/mol. The van der Waals surface area contributed by atoms with Crippen molar-refractivity contribution in [1.82, 2.24) is 0 Å². The monoisotopic (exact) mass is 266 g/mol. The van der Waals surface area contributed by atoms with Crippen molar-refractivity contribution >= 4 is 11.5 Å². The summed E-state index contributed by atoms with van der Waals surface area (Å²) in [6, 6.07) is 6.55. The van der Waals surface area contributed by atoms with Crippen LogP contribution < -0.4 is 4.74 Å². The topological polar surface area (TPSA) is 54.4 Å². The van der Waals surface area contributed by atoms with Crippen LogP contribution in [-0.2, 0) is 4.79 Å². The lowest BCUT2D eigenvalue weighted by Gasteiger charge is -2.11. The molecule has 0 unspecified atom stereocenters. The van der Waals surface area contributed by atoms with E-state index in [1.807, 2.05) is 19.9 Å². The lowest BCUT2D eigenvalue weighted by atomic mass is 10.1. The van der Waals surface area contributed by atoms with Gasteiger partial charge in [0.15, 0.2) is 11.4 Å². The molecule has 20 heavy (non-hydrogen) atoms. The Balaban J connectivity index is 2.32. The van der Waals surface area contributed by atoms with Gasteiger partial charge in [0, 0.05) is 11.5 Å². The van der Waals surface area contributed by atoms with Crippen LogP contribution in [0.25, 0.3) is 4.85 Å². The molecule has 0 aliphatic heterocycles. The molecule has 0 bridgehead atoms. The number of ether oxygens (including phenoxy) is 1. The fourth-order valence-corrected chi connectivity index (χ4v) is 1.82. The van der Waals surface area contributed by atoms with Crippen molar-refractivity contribution in [2.24, 2.45) is 5.92 Å². The Bertz CT molecular complexity index is 634. The third-order valence-corrected chi connectivity index (χ3v) is 3.00. The molecule has 4 heteroatoms. The molecule has 4 nitrogen and oxygen atoms in total. The number of benzene rings is 1. The first-order chi connectivity index (χ1) is 9.55. The van der Waals surface area contributed by atoms with Gasteiger partial charge in [-0.25, -0.2) is 4.85 Å². The van der Waals surface area contributed by atoms with Crippen LogP contribution in [0.15, 0.2) is 29.5 Å². The highest BCUT2D eigenvalue weighted by molar-refractivity contribution is 5.97.